The van der Waals surface area contributed by atoms with Crippen LogP contribution >= 0.6 is 0 Å². The molecule has 1 aliphatic heterocycles. The van der Waals surface area contributed by atoms with E-state index in [0.717, 1.165) is 0 Å². The molecule has 0 aliphatic carbocycles. The lowest BCUT2D eigenvalue weighted by atomic mass is 10.1. The third-order valence-electron chi connectivity index (χ3n) is 2.91. The second-order valence-corrected chi connectivity index (χ2v) is 4.20. The fraction of sp³-hybridized carbons (Fsp3) is 0.417. The standard InChI is InChI=1S/C12H16N2O4/c13-10-2-1-8(5-11(10)16)12(17)14-3-4-18-9(6-14)7-15/h1-2,5,9,15-16H,3-4,6-7,13H2. The van der Waals surface area contributed by atoms with E-state index < -0.39 is 0 Å². The number of aromatic hydroxyl groups is 1. The van der Waals surface area contributed by atoms with Gasteiger partial charge < -0.3 is 25.6 Å². The molecule has 1 aliphatic rings. The van der Waals surface area contributed by atoms with Crippen LogP contribution in [-0.4, -0.2) is 53.4 Å². The normalized spacial score (nSPS) is 19.8. The van der Waals surface area contributed by atoms with E-state index in [-0.39, 0.29) is 30.1 Å². The van der Waals surface area contributed by atoms with Crippen LogP contribution in [0.4, 0.5) is 5.69 Å². The molecule has 18 heavy (non-hydrogen) atoms. The maximum atomic E-state index is 12.2. The van der Waals surface area contributed by atoms with Crippen molar-refractivity contribution in [1.29, 1.82) is 0 Å². The fourth-order valence-corrected chi connectivity index (χ4v) is 1.87. The van der Waals surface area contributed by atoms with Crippen molar-refractivity contribution >= 4 is 11.6 Å². The van der Waals surface area contributed by atoms with E-state index in [1.807, 2.05) is 0 Å². The maximum absolute atomic E-state index is 12.2. The lowest BCUT2D eigenvalue weighted by Gasteiger charge is -2.32. The van der Waals surface area contributed by atoms with Gasteiger partial charge in [-0.1, -0.05) is 0 Å². The van der Waals surface area contributed by atoms with Gasteiger partial charge >= 0.3 is 0 Å². The Morgan fingerprint density at radius 1 is 1.56 bits per heavy atom. The number of aliphatic hydroxyl groups excluding tert-OH is 1. The summed E-state index contributed by atoms with van der Waals surface area (Å²) in [6.07, 6.45) is -0.343. The number of hydrogen-bond acceptors (Lipinski definition) is 5. The third-order valence-corrected chi connectivity index (χ3v) is 2.91. The largest absolute Gasteiger partial charge is 0.506 e. The molecule has 1 amide bonds. The van der Waals surface area contributed by atoms with E-state index in [9.17, 15) is 9.90 Å². The van der Waals surface area contributed by atoms with Crippen molar-refractivity contribution < 1.29 is 19.7 Å². The molecule has 0 saturated carbocycles. The van der Waals surface area contributed by atoms with Crippen LogP contribution < -0.4 is 5.73 Å². The van der Waals surface area contributed by atoms with Crippen LogP contribution in [0.5, 0.6) is 5.75 Å². The fourth-order valence-electron chi connectivity index (χ4n) is 1.87. The highest BCUT2D eigenvalue weighted by atomic mass is 16.5. The number of ether oxygens (including phenoxy) is 1. The molecule has 1 aromatic carbocycles. The second kappa shape index (κ2) is 5.24. The molecule has 0 spiro atoms. The first-order valence-electron chi connectivity index (χ1n) is 5.72. The summed E-state index contributed by atoms with van der Waals surface area (Å²) < 4.78 is 5.27. The van der Waals surface area contributed by atoms with Crippen LogP contribution in [0.3, 0.4) is 0 Å². The highest BCUT2D eigenvalue weighted by Gasteiger charge is 2.24. The van der Waals surface area contributed by atoms with E-state index >= 15 is 0 Å². The summed E-state index contributed by atoms with van der Waals surface area (Å²) in [5.74, 6) is -0.306. The highest BCUT2D eigenvalue weighted by molar-refractivity contribution is 5.95. The number of phenolic OH excluding ortho intramolecular Hbond substituents is 1. The molecule has 1 saturated heterocycles. The van der Waals surface area contributed by atoms with Gasteiger partial charge in [-0.15, -0.1) is 0 Å². The molecule has 1 fully saturated rings. The molecule has 1 atom stereocenters. The summed E-state index contributed by atoms with van der Waals surface area (Å²) >= 11 is 0. The third kappa shape index (κ3) is 2.55. The topological polar surface area (TPSA) is 96.0 Å². The predicted octanol–water partition coefficient (Wildman–Crippen LogP) is -0.192. The van der Waals surface area contributed by atoms with Crippen molar-refractivity contribution in [2.24, 2.45) is 0 Å². The number of hydrogen-bond donors (Lipinski definition) is 3. The van der Waals surface area contributed by atoms with Gasteiger partial charge in [-0.05, 0) is 18.2 Å². The zero-order valence-electron chi connectivity index (χ0n) is 9.87. The van der Waals surface area contributed by atoms with Crippen molar-refractivity contribution in [3.8, 4) is 5.75 Å². The number of morpholine rings is 1. The van der Waals surface area contributed by atoms with Gasteiger partial charge in [0.2, 0.25) is 0 Å². The van der Waals surface area contributed by atoms with E-state index in [0.29, 0.717) is 25.3 Å². The Kier molecular flexibility index (Phi) is 3.69. The van der Waals surface area contributed by atoms with Gasteiger partial charge in [0, 0.05) is 18.7 Å². The number of phenols is 1. The molecular weight excluding hydrogens is 236 g/mol. The Morgan fingerprint density at radius 3 is 3.00 bits per heavy atom. The molecule has 0 bridgehead atoms. The van der Waals surface area contributed by atoms with Crippen LogP contribution in [0.1, 0.15) is 10.4 Å². The van der Waals surface area contributed by atoms with Crippen molar-refractivity contribution in [1.82, 2.24) is 4.90 Å². The zero-order chi connectivity index (χ0) is 13.1. The highest BCUT2D eigenvalue weighted by Crippen LogP contribution is 2.22. The number of amides is 1. The molecule has 1 unspecified atom stereocenters. The van der Waals surface area contributed by atoms with Crippen LogP contribution in [0, 0.1) is 0 Å². The van der Waals surface area contributed by atoms with Crippen molar-refractivity contribution in [3.63, 3.8) is 0 Å². The summed E-state index contributed by atoms with van der Waals surface area (Å²) in [7, 11) is 0. The molecule has 4 N–H and O–H groups in total. The number of carbonyl (C=O) groups excluding carboxylic acids is 1. The Bertz CT molecular complexity index is 450. The number of rotatable bonds is 2. The zero-order valence-corrected chi connectivity index (χ0v) is 9.87. The molecule has 98 valence electrons. The molecule has 1 heterocycles. The number of nitrogen functional groups attached to an aromatic ring is 1. The summed E-state index contributed by atoms with van der Waals surface area (Å²) in [6, 6.07) is 4.41. The average Bonchev–Trinajstić information content (AvgIpc) is 2.41. The minimum atomic E-state index is -0.343. The van der Waals surface area contributed by atoms with Crippen LogP contribution in [-0.2, 0) is 4.74 Å². The van der Waals surface area contributed by atoms with Gasteiger partial charge in [0.15, 0.2) is 0 Å². The van der Waals surface area contributed by atoms with E-state index in [2.05, 4.69) is 0 Å². The molecule has 1 aromatic rings. The number of benzene rings is 1. The van der Waals surface area contributed by atoms with Gasteiger partial charge in [-0.2, -0.15) is 0 Å². The van der Waals surface area contributed by atoms with Crippen LogP contribution in [0.25, 0.3) is 0 Å². The minimum absolute atomic E-state index is 0.104. The smallest absolute Gasteiger partial charge is 0.254 e. The Labute approximate surface area is 105 Å². The molecule has 0 aromatic heterocycles. The maximum Gasteiger partial charge on any atom is 0.254 e. The van der Waals surface area contributed by atoms with Crippen molar-refractivity contribution in [3.05, 3.63) is 23.8 Å². The first kappa shape index (κ1) is 12.7. The summed E-state index contributed by atoms with van der Waals surface area (Å²) in [5.41, 5.74) is 6.10. The Balaban J connectivity index is 2.12. The Hall–Kier alpha value is -1.79. The summed E-state index contributed by atoms with van der Waals surface area (Å²) in [6.45, 7) is 1.11. The van der Waals surface area contributed by atoms with Crippen molar-refractivity contribution in [2.45, 2.75) is 6.10 Å². The summed E-state index contributed by atoms with van der Waals surface area (Å²) in [4.78, 5) is 13.8. The molecular formula is C12H16N2O4. The number of aliphatic hydroxyl groups is 1. The van der Waals surface area contributed by atoms with Gasteiger partial charge in [0.05, 0.1) is 25.0 Å². The van der Waals surface area contributed by atoms with E-state index in [1.54, 1.807) is 11.0 Å². The van der Waals surface area contributed by atoms with E-state index in [1.165, 1.54) is 12.1 Å². The van der Waals surface area contributed by atoms with Crippen LogP contribution in [0.15, 0.2) is 18.2 Å². The SMILES string of the molecule is Nc1ccc(C(=O)N2CCOC(CO)C2)cc1O. The average molecular weight is 252 g/mol. The quantitative estimate of drug-likeness (QED) is 0.500. The second-order valence-electron chi connectivity index (χ2n) is 4.20. The molecule has 6 heteroatoms. The molecule has 0 radical (unpaired) electrons. The van der Waals surface area contributed by atoms with Gasteiger partial charge in [-0.3, -0.25) is 4.79 Å². The minimum Gasteiger partial charge on any atom is -0.506 e. The summed E-state index contributed by atoms with van der Waals surface area (Å²) in [5, 5.41) is 18.5. The predicted molar refractivity (Wildman–Crippen MR) is 65.2 cm³/mol. The van der Waals surface area contributed by atoms with Crippen molar-refractivity contribution in [2.75, 3.05) is 32.0 Å². The van der Waals surface area contributed by atoms with Gasteiger partial charge in [-0.25, -0.2) is 0 Å². The number of anilines is 1. The first-order valence-corrected chi connectivity index (χ1v) is 5.72. The van der Waals surface area contributed by atoms with Gasteiger partial charge in [0.1, 0.15) is 5.75 Å². The lowest BCUT2D eigenvalue weighted by Crippen LogP contribution is -2.46. The lowest BCUT2D eigenvalue weighted by molar-refractivity contribution is -0.0447. The molecule has 2 rings (SSSR count). The number of nitrogens with zero attached hydrogens (tertiary/aromatic N) is 1. The Morgan fingerprint density at radius 2 is 2.33 bits per heavy atom. The monoisotopic (exact) mass is 252 g/mol. The first-order chi connectivity index (χ1) is 8.61. The van der Waals surface area contributed by atoms with Gasteiger partial charge in [0.25, 0.3) is 5.91 Å². The van der Waals surface area contributed by atoms with Crippen LogP contribution in [0.2, 0.25) is 0 Å². The number of nitrogens with two attached hydrogens (primary N) is 1. The van der Waals surface area contributed by atoms with E-state index in [4.69, 9.17) is 15.6 Å². The number of carbonyl (C=O) groups is 1. The molecule has 6 nitrogen and oxygen atoms in total.